The molecule has 6 heteroatoms. The fourth-order valence-corrected chi connectivity index (χ4v) is 2.96. The number of carbonyl (C=O) groups is 1. The summed E-state index contributed by atoms with van der Waals surface area (Å²) in [7, 11) is 0. The molecule has 1 aromatic heterocycles. The van der Waals surface area contributed by atoms with E-state index in [9.17, 15) is 9.18 Å². The Labute approximate surface area is 135 Å². The van der Waals surface area contributed by atoms with Gasteiger partial charge in [-0.2, -0.15) is 0 Å². The quantitative estimate of drug-likeness (QED) is 0.942. The van der Waals surface area contributed by atoms with E-state index in [2.05, 4.69) is 15.2 Å². The number of halogens is 1. The summed E-state index contributed by atoms with van der Waals surface area (Å²) >= 11 is 0. The highest BCUT2D eigenvalue weighted by molar-refractivity contribution is 5.80. The molecule has 1 amide bonds. The minimum absolute atomic E-state index is 0.0194. The Morgan fingerprint density at radius 3 is 3.09 bits per heavy atom. The number of piperidine rings is 1. The maximum absolute atomic E-state index is 13.4. The molecule has 3 rings (SSSR count). The molecular formula is C17H21FN4O. The molecule has 0 spiro atoms. The minimum Gasteiger partial charge on any atom is -0.369 e. The van der Waals surface area contributed by atoms with Crippen LogP contribution >= 0.6 is 0 Å². The zero-order valence-electron chi connectivity index (χ0n) is 13.2. The van der Waals surface area contributed by atoms with Gasteiger partial charge in [-0.3, -0.25) is 4.79 Å². The van der Waals surface area contributed by atoms with Crippen molar-refractivity contribution < 1.29 is 9.18 Å². The number of hydrogen-bond donors (Lipinski definition) is 1. The summed E-state index contributed by atoms with van der Waals surface area (Å²) in [4.78, 5) is 18.5. The van der Waals surface area contributed by atoms with Gasteiger partial charge in [-0.1, -0.05) is 6.07 Å². The van der Waals surface area contributed by atoms with Gasteiger partial charge >= 0.3 is 0 Å². The monoisotopic (exact) mass is 316 g/mol. The van der Waals surface area contributed by atoms with Gasteiger partial charge in [0.15, 0.2) is 0 Å². The van der Waals surface area contributed by atoms with Crippen LogP contribution < -0.4 is 10.2 Å². The van der Waals surface area contributed by atoms with Crippen molar-refractivity contribution in [3.05, 3.63) is 48.8 Å². The number of anilines is 1. The molecule has 0 saturated carbocycles. The van der Waals surface area contributed by atoms with Gasteiger partial charge in [0.2, 0.25) is 5.91 Å². The molecular weight excluding hydrogens is 295 g/mol. The number of carbonyl (C=O) groups excluding carboxylic acids is 1. The molecule has 2 heterocycles. The first-order valence-corrected chi connectivity index (χ1v) is 7.92. The summed E-state index contributed by atoms with van der Waals surface area (Å²) in [5.41, 5.74) is 0.867. The van der Waals surface area contributed by atoms with Crippen molar-refractivity contribution in [1.29, 1.82) is 0 Å². The van der Waals surface area contributed by atoms with Gasteiger partial charge < -0.3 is 14.8 Å². The van der Waals surface area contributed by atoms with Crippen molar-refractivity contribution in [3.63, 3.8) is 0 Å². The molecule has 0 bridgehead atoms. The van der Waals surface area contributed by atoms with Crippen molar-refractivity contribution in [2.24, 2.45) is 0 Å². The van der Waals surface area contributed by atoms with Crippen LogP contribution in [-0.2, 0) is 4.79 Å². The van der Waals surface area contributed by atoms with Gasteiger partial charge in [0.25, 0.3) is 0 Å². The van der Waals surface area contributed by atoms with Crippen LogP contribution in [0.2, 0.25) is 0 Å². The van der Waals surface area contributed by atoms with Gasteiger partial charge in [-0.15, -0.1) is 0 Å². The Bertz CT molecular complexity index is 658. The third-order valence-corrected chi connectivity index (χ3v) is 4.29. The number of hydrogen-bond acceptors (Lipinski definition) is 3. The topological polar surface area (TPSA) is 50.2 Å². The Balaban J connectivity index is 1.61. The van der Waals surface area contributed by atoms with Gasteiger partial charge in [-0.25, -0.2) is 9.37 Å². The molecule has 1 aliphatic rings. The number of imidazole rings is 1. The first-order valence-electron chi connectivity index (χ1n) is 7.92. The summed E-state index contributed by atoms with van der Waals surface area (Å²) in [6.45, 7) is 3.43. The van der Waals surface area contributed by atoms with Crippen LogP contribution in [0.25, 0.3) is 0 Å². The van der Waals surface area contributed by atoms with Gasteiger partial charge in [-0.05, 0) is 38.0 Å². The lowest BCUT2D eigenvalue weighted by Crippen LogP contribution is -2.49. The normalized spacial score (nSPS) is 19.4. The van der Waals surface area contributed by atoms with Crippen LogP contribution in [0.5, 0.6) is 0 Å². The highest BCUT2D eigenvalue weighted by atomic mass is 19.1. The molecule has 2 aromatic rings. The average Bonchev–Trinajstić information content (AvgIpc) is 3.09. The standard InChI is InChI=1S/C17H21FN4O/c1-13(22-9-7-19-12-22)17(23)20-15-5-3-8-21(11-15)16-6-2-4-14(18)10-16/h2,4,6-7,9-10,12-13,15H,3,5,8,11H2,1H3,(H,20,23)/t13-,15+/m0/s1. The maximum atomic E-state index is 13.4. The largest absolute Gasteiger partial charge is 0.369 e. The smallest absolute Gasteiger partial charge is 0.243 e. The average molecular weight is 316 g/mol. The molecule has 1 saturated heterocycles. The van der Waals surface area contributed by atoms with E-state index < -0.39 is 0 Å². The minimum atomic E-state index is -0.290. The second-order valence-corrected chi connectivity index (χ2v) is 5.96. The highest BCUT2D eigenvalue weighted by Crippen LogP contribution is 2.21. The highest BCUT2D eigenvalue weighted by Gasteiger charge is 2.24. The van der Waals surface area contributed by atoms with Crippen molar-refractivity contribution in [2.45, 2.75) is 31.8 Å². The Morgan fingerprint density at radius 2 is 2.35 bits per heavy atom. The van der Waals surface area contributed by atoms with E-state index in [1.165, 1.54) is 12.1 Å². The van der Waals surface area contributed by atoms with Crippen LogP contribution in [0.15, 0.2) is 43.0 Å². The lowest BCUT2D eigenvalue weighted by Gasteiger charge is -2.35. The number of nitrogens with one attached hydrogen (secondary N) is 1. The van der Waals surface area contributed by atoms with Crippen molar-refractivity contribution >= 4 is 11.6 Å². The Morgan fingerprint density at radius 1 is 1.48 bits per heavy atom. The predicted molar refractivity (Wildman–Crippen MR) is 86.7 cm³/mol. The van der Waals surface area contributed by atoms with Gasteiger partial charge in [0.1, 0.15) is 11.9 Å². The first kappa shape index (κ1) is 15.5. The van der Waals surface area contributed by atoms with Crippen LogP contribution in [0, 0.1) is 5.82 Å². The molecule has 23 heavy (non-hydrogen) atoms. The molecule has 1 N–H and O–H groups in total. The summed E-state index contributed by atoms with van der Waals surface area (Å²) in [6.07, 6.45) is 7.00. The first-order chi connectivity index (χ1) is 11.1. The lowest BCUT2D eigenvalue weighted by molar-refractivity contribution is -0.124. The third kappa shape index (κ3) is 3.70. The maximum Gasteiger partial charge on any atom is 0.243 e. The van der Waals surface area contributed by atoms with E-state index in [1.54, 1.807) is 29.4 Å². The van der Waals surface area contributed by atoms with Gasteiger partial charge in [0, 0.05) is 37.2 Å². The van der Waals surface area contributed by atoms with Gasteiger partial charge in [0.05, 0.1) is 6.33 Å². The fourth-order valence-electron chi connectivity index (χ4n) is 2.96. The van der Waals surface area contributed by atoms with Crippen LogP contribution in [-0.4, -0.2) is 34.6 Å². The summed E-state index contributed by atoms with van der Waals surface area (Å²) < 4.78 is 15.2. The molecule has 0 aliphatic carbocycles. The van der Waals surface area contributed by atoms with Crippen LogP contribution in [0.1, 0.15) is 25.8 Å². The SMILES string of the molecule is C[C@@H](C(=O)N[C@@H]1CCCN(c2cccc(F)c2)C1)n1ccnc1. The number of benzene rings is 1. The fraction of sp³-hybridized carbons (Fsp3) is 0.412. The van der Waals surface area contributed by atoms with E-state index in [0.717, 1.165) is 25.1 Å². The molecule has 0 radical (unpaired) electrons. The van der Waals surface area contributed by atoms with E-state index >= 15 is 0 Å². The summed E-state index contributed by atoms with van der Waals surface area (Å²) in [5.74, 6) is -0.253. The lowest BCUT2D eigenvalue weighted by atomic mass is 10.0. The van der Waals surface area contributed by atoms with Crippen molar-refractivity contribution in [1.82, 2.24) is 14.9 Å². The van der Waals surface area contributed by atoms with E-state index in [4.69, 9.17) is 0 Å². The van der Waals surface area contributed by atoms with E-state index in [-0.39, 0.29) is 23.8 Å². The van der Waals surface area contributed by atoms with Crippen LogP contribution in [0.3, 0.4) is 0 Å². The zero-order valence-corrected chi connectivity index (χ0v) is 13.2. The summed E-state index contributed by atoms with van der Waals surface area (Å²) in [5, 5.41) is 3.10. The molecule has 1 fully saturated rings. The third-order valence-electron chi connectivity index (χ3n) is 4.29. The van der Waals surface area contributed by atoms with E-state index in [1.807, 2.05) is 13.0 Å². The Hall–Kier alpha value is -2.37. The van der Waals surface area contributed by atoms with E-state index in [0.29, 0.717) is 6.54 Å². The zero-order chi connectivity index (χ0) is 16.2. The molecule has 5 nitrogen and oxygen atoms in total. The number of amides is 1. The molecule has 0 unspecified atom stereocenters. The Kier molecular flexibility index (Phi) is 4.60. The molecule has 1 aliphatic heterocycles. The number of aromatic nitrogens is 2. The number of rotatable bonds is 4. The predicted octanol–water partition coefficient (Wildman–Crippen LogP) is 2.37. The second kappa shape index (κ2) is 6.81. The molecule has 2 atom stereocenters. The van der Waals surface area contributed by atoms with Crippen molar-refractivity contribution in [3.8, 4) is 0 Å². The second-order valence-electron chi connectivity index (χ2n) is 5.96. The van der Waals surface area contributed by atoms with Crippen molar-refractivity contribution in [2.75, 3.05) is 18.0 Å². The number of nitrogens with zero attached hydrogens (tertiary/aromatic N) is 3. The molecule has 122 valence electrons. The molecule has 1 aromatic carbocycles. The summed E-state index contributed by atoms with van der Waals surface area (Å²) in [6, 6.07) is 6.39. The van der Waals surface area contributed by atoms with Crippen LogP contribution in [0.4, 0.5) is 10.1 Å².